The molecule has 1 saturated carbocycles. The summed E-state index contributed by atoms with van der Waals surface area (Å²) >= 11 is 0. The van der Waals surface area contributed by atoms with E-state index in [1.807, 2.05) is 0 Å². The molecule has 2 unspecified atom stereocenters. The van der Waals surface area contributed by atoms with E-state index >= 15 is 0 Å². The Bertz CT molecular complexity index is 222. The molecular formula is C12H23NO2. The second-order valence-electron chi connectivity index (χ2n) is 5.57. The van der Waals surface area contributed by atoms with Gasteiger partial charge in [-0.15, -0.1) is 0 Å². The molecule has 0 amide bonds. The molecule has 2 N–H and O–H groups in total. The average Bonchev–Trinajstić information content (AvgIpc) is 2.82. The lowest BCUT2D eigenvalue weighted by Gasteiger charge is -2.36. The van der Waals surface area contributed by atoms with Crippen molar-refractivity contribution >= 4 is 0 Å². The fourth-order valence-electron chi connectivity index (χ4n) is 2.34. The second-order valence-corrected chi connectivity index (χ2v) is 5.57. The highest BCUT2D eigenvalue weighted by atomic mass is 16.5. The summed E-state index contributed by atoms with van der Waals surface area (Å²) in [6, 6.07) is 0. The van der Waals surface area contributed by atoms with Crippen LogP contribution >= 0.6 is 0 Å². The molecular weight excluding hydrogens is 190 g/mol. The van der Waals surface area contributed by atoms with Crippen LogP contribution in [0.2, 0.25) is 0 Å². The van der Waals surface area contributed by atoms with Crippen LogP contribution in [0.1, 0.15) is 39.5 Å². The molecule has 1 heterocycles. The summed E-state index contributed by atoms with van der Waals surface area (Å²) in [5, 5.41) is 13.0. The number of hydrogen-bond donors (Lipinski definition) is 2. The van der Waals surface area contributed by atoms with Crippen LogP contribution in [-0.4, -0.2) is 36.5 Å². The minimum Gasteiger partial charge on any atom is -0.394 e. The molecule has 0 aromatic rings. The van der Waals surface area contributed by atoms with E-state index < -0.39 is 0 Å². The highest BCUT2D eigenvalue weighted by molar-refractivity contribution is 5.07. The highest BCUT2D eigenvalue weighted by Crippen LogP contribution is 2.53. The van der Waals surface area contributed by atoms with Gasteiger partial charge >= 0.3 is 0 Å². The quantitative estimate of drug-likeness (QED) is 0.723. The Balaban J connectivity index is 1.84. The number of aliphatic hydroxyl groups is 1. The number of nitrogens with one attached hydrogen (secondary N) is 1. The van der Waals surface area contributed by atoms with Crippen molar-refractivity contribution in [3.8, 4) is 0 Å². The maximum Gasteiger partial charge on any atom is 0.0700 e. The van der Waals surface area contributed by atoms with Crippen molar-refractivity contribution in [1.29, 1.82) is 0 Å². The van der Waals surface area contributed by atoms with Crippen LogP contribution in [0.5, 0.6) is 0 Å². The Morgan fingerprint density at radius 1 is 1.53 bits per heavy atom. The molecule has 15 heavy (non-hydrogen) atoms. The predicted molar refractivity (Wildman–Crippen MR) is 59.8 cm³/mol. The first kappa shape index (κ1) is 11.4. The van der Waals surface area contributed by atoms with E-state index in [2.05, 4.69) is 19.2 Å². The summed E-state index contributed by atoms with van der Waals surface area (Å²) in [5.41, 5.74) is 0.166. The van der Waals surface area contributed by atoms with Crippen molar-refractivity contribution in [3.63, 3.8) is 0 Å². The molecule has 0 aromatic heterocycles. The lowest BCUT2D eigenvalue weighted by atomic mass is 9.84. The molecule has 1 saturated heterocycles. The first-order chi connectivity index (χ1) is 7.10. The topological polar surface area (TPSA) is 41.5 Å². The summed E-state index contributed by atoms with van der Waals surface area (Å²) in [7, 11) is 0. The van der Waals surface area contributed by atoms with Crippen LogP contribution < -0.4 is 5.32 Å². The van der Waals surface area contributed by atoms with E-state index in [1.165, 1.54) is 19.3 Å². The van der Waals surface area contributed by atoms with Gasteiger partial charge in [0.15, 0.2) is 0 Å². The Hall–Kier alpha value is -0.120. The molecule has 2 fully saturated rings. The Labute approximate surface area is 92.2 Å². The Kier molecular flexibility index (Phi) is 3.06. The molecule has 3 nitrogen and oxygen atoms in total. The van der Waals surface area contributed by atoms with E-state index in [0.717, 1.165) is 19.6 Å². The molecule has 0 aromatic carbocycles. The zero-order valence-electron chi connectivity index (χ0n) is 9.88. The van der Waals surface area contributed by atoms with Crippen molar-refractivity contribution in [3.05, 3.63) is 0 Å². The molecule has 0 radical (unpaired) electrons. The Morgan fingerprint density at radius 2 is 2.27 bits per heavy atom. The highest BCUT2D eigenvalue weighted by Gasteiger charge is 2.52. The third kappa shape index (κ3) is 2.19. The minimum atomic E-state index is -0.126. The van der Waals surface area contributed by atoms with Gasteiger partial charge < -0.3 is 15.2 Å². The summed E-state index contributed by atoms with van der Waals surface area (Å²) in [6.07, 6.45) is 5.15. The first-order valence-electron chi connectivity index (χ1n) is 6.07. The fourth-order valence-corrected chi connectivity index (χ4v) is 2.34. The monoisotopic (exact) mass is 213 g/mol. The van der Waals surface area contributed by atoms with Crippen LogP contribution in [0.3, 0.4) is 0 Å². The molecule has 2 atom stereocenters. The van der Waals surface area contributed by atoms with Crippen LogP contribution in [-0.2, 0) is 4.74 Å². The largest absolute Gasteiger partial charge is 0.394 e. The number of ether oxygens (including phenoxy) is 1. The summed E-state index contributed by atoms with van der Waals surface area (Å²) < 4.78 is 5.58. The molecule has 0 bridgehead atoms. The number of rotatable bonds is 5. The van der Waals surface area contributed by atoms with Gasteiger partial charge in [-0.25, -0.2) is 0 Å². The molecule has 0 spiro atoms. The third-order valence-electron chi connectivity index (χ3n) is 4.39. The van der Waals surface area contributed by atoms with Gasteiger partial charge in [0.05, 0.1) is 12.7 Å². The molecule has 3 heteroatoms. The molecule has 88 valence electrons. The van der Waals surface area contributed by atoms with E-state index in [1.54, 1.807) is 0 Å². The van der Waals surface area contributed by atoms with E-state index in [4.69, 9.17) is 4.74 Å². The van der Waals surface area contributed by atoms with E-state index in [9.17, 15) is 5.11 Å². The maximum atomic E-state index is 9.53. The van der Waals surface area contributed by atoms with Gasteiger partial charge in [0.2, 0.25) is 0 Å². The van der Waals surface area contributed by atoms with Gasteiger partial charge in [-0.2, -0.15) is 0 Å². The zero-order valence-corrected chi connectivity index (χ0v) is 9.88. The van der Waals surface area contributed by atoms with Crippen molar-refractivity contribution in [2.75, 3.05) is 19.8 Å². The first-order valence-corrected chi connectivity index (χ1v) is 6.07. The second kappa shape index (κ2) is 4.04. The summed E-state index contributed by atoms with van der Waals surface area (Å²) in [4.78, 5) is 0. The van der Waals surface area contributed by atoms with Crippen molar-refractivity contribution in [2.24, 2.45) is 5.41 Å². The van der Waals surface area contributed by atoms with Crippen molar-refractivity contribution in [1.82, 2.24) is 5.32 Å². The van der Waals surface area contributed by atoms with Gasteiger partial charge in [0.25, 0.3) is 0 Å². The lowest BCUT2D eigenvalue weighted by molar-refractivity contribution is 0.0703. The standard InChI is InChI=1S/C12H23NO2/c1-11(5-6-11)12(2,9-14)13-8-10-4-3-7-15-10/h10,13-14H,3-9H2,1-2H3. The summed E-state index contributed by atoms with van der Waals surface area (Å²) in [5.74, 6) is 0. The van der Waals surface area contributed by atoms with E-state index in [-0.39, 0.29) is 12.1 Å². The molecule has 2 rings (SSSR count). The van der Waals surface area contributed by atoms with E-state index in [0.29, 0.717) is 11.5 Å². The van der Waals surface area contributed by atoms with Gasteiger partial charge in [-0.1, -0.05) is 6.92 Å². The van der Waals surface area contributed by atoms with Gasteiger partial charge in [-0.3, -0.25) is 0 Å². The fraction of sp³-hybridized carbons (Fsp3) is 1.00. The smallest absolute Gasteiger partial charge is 0.0700 e. The molecule has 1 aliphatic heterocycles. The average molecular weight is 213 g/mol. The van der Waals surface area contributed by atoms with Crippen molar-refractivity contribution < 1.29 is 9.84 Å². The predicted octanol–water partition coefficient (Wildman–Crippen LogP) is 1.31. The van der Waals surface area contributed by atoms with Gasteiger partial charge in [0, 0.05) is 18.7 Å². The maximum absolute atomic E-state index is 9.53. The number of aliphatic hydroxyl groups excluding tert-OH is 1. The van der Waals surface area contributed by atoms with Gasteiger partial charge in [0.1, 0.15) is 0 Å². The molecule has 1 aliphatic carbocycles. The summed E-state index contributed by atoms with van der Waals surface area (Å²) in [6.45, 7) is 6.39. The van der Waals surface area contributed by atoms with Crippen LogP contribution in [0.4, 0.5) is 0 Å². The SMILES string of the molecule is CC1(C(C)(CO)NCC2CCCO2)CC1. The number of hydrogen-bond acceptors (Lipinski definition) is 3. The lowest BCUT2D eigenvalue weighted by Crippen LogP contribution is -2.54. The normalized spacial score (nSPS) is 32.6. The zero-order chi connectivity index (χ0) is 10.9. The minimum absolute atomic E-state index is 0.126. The molecule has 2 aliphatic rings. The third-order valence-corrected chi connectivity index (χ3v) is 4.39. The Morgan fingerprint density at radius 3 is 2.73 bits per heavy atom. The van der Waals surface area contributed by atoms with Gasteiger partial charge in [-0.05, 0) is 38.0 Å². The van der Waals surface area contributed by atoms with Crippen LogP contribution in [0.25, 0.3) is 0 Å². The van der Waals surface area contributed by atoms with Crippen LogP contribution in [0.15, 0.2) is 0 Å². The van der Waals surface area contributed by atoms with Crippen molar-refractivity contribution in [2.45, 2.75) is 51.2 Å². The van der Waals surface area contributed by atoms with Crippen LogP contribution in [0, 0.1) is 5.41 Å².